The van der Waals surface area contributed by atoms with E-state index in [0.29, 0.717) is 0 Å². The molecule has 0 saturated carbocycles. The maximum Gasteiger partial charge on any atom is 0.692 e. The summed E-state index contributed by atoms with van der Waals surface area (Å²) >= 11 is 4.99. The largest absolute Gasteiger partial charge is 0.692 e. The van der Waals surface area contributed by atoms with Gasteiger partial charge in [0.1, 0.15) is 0 Å². The first kappa shape index (κ1) is 10.2. The Kier molecular flexibility index (Phi) is 6.06. The molecule has 1 aromatic rings. The third kappa shape index (κ3) is 8.20. The molecule has 10 heavy (non-hydrogen) atoms. The number of thiophene rings is 1. The minimum absolute atomic E-state index is 1.20. The van der Waals surface area contributed by atoms with E-state index in [0.717, 1.165) is 0 Å². The number of halogens is 1. The van der Waals surface area contributed by atoms with Gasteiger partial charge in [0.05, 0.1) is 3.79 Å². The van der Waals surface area contributed by atoms with Crippen LogP contribution in [0.2, 0.25) is 0 Å². The van der Waals surface area contributed by atoms with Crippen LogP contribution < -0.4 is 0 Å². The molecule has 6 heteroatoms. The van der Waals surface area contributed by atoms with E-state index in [1.807, 2.05) is 17.5 Å². The van der Waals surface area contributed by atoms with Crippen LogP contribution in [-0.2, 0) is 4.57 Å². The molecule has 0 radical (unpaired) electrons. The van der Waals surface area contributed by atoms with Gasteiger partial charge in [0.25, 0.3) is 0 Å². The SMILES string of the molecule is Brc1cccs1.O=[P+](O)O. The van der Waals surface area contributed by atoms with Gasteiger partial charge in [-0.1, -0.05) is 6.07 Å². The number of rotatable bonds is 0. The maximum absolute atomic E-state index is 8.70. The third-order valence-electron chi connectivity index (χ3n) is 0.486. The van der Waals surface area contributed by atoms with Gasteiger partial charge in [0.2, 0.25) is 0 Å². The zero-order valence-corrected chi connectivity index (χ0v) is 8.07. The molecule has 0 aromatic carbocycles. The highest BCUT2D eigenvalue weighted by molar-refractivity contribution is 9.11. The topological polar surface area (TPSA) is 57.5 Å². The lowest BCUT2D eigenvalue weighted by molar-refractivity contribution is 0.405. The van der Waals surface area contributed by atoms with Gasteiger partial charge in [-0.25, -0.2) is 0 Å². The lowest BCUT2D eigenvalue weighted by Gasteiger charge is -1.62. The lowest BCUT2D eigenvalue weighted by atomic mass is 10.7. The summed E-state index contributed by atoms with van der Waals surface area (Å²) in [6.07, 6.45) is 0. The van der Waals surface area contributed by atoms with Gasteiger partial charge in [0, 0.05) is 4.57 Å². The predicted molar refractivity (Wildman–Crippen MR) is 44.1 cm³/mol. The highest BCUT2D eigenvalue weighted by atomic mass is 79.9. The van der Waals surface area contributed by atoms with Crippen LogP contribution in [0.5, 0.6) is 0 Å². The van der Waals surface area contributed by atoms with Gasteiger partial charge in [-0.2, -0.15) is 0 Å². The summed E-state index contributed by atoms with van der Waals surface area (Å²) < 4.78 is 9.90. The Morgan fingerprint density at radius 1 is 1.60 bits per heavy atom. The van der Waals surface area contributed by atoms with Crippen molar-refractivity contribution >= 4 is 35.5 Å². The van der Waals surface area contributed by atoms with Crippen LogP contribution in [0, 0.1) is 0 Å². The van der Waals surface area contributed by atoms with Crippen molar-refractivity contribution in [2.45, 2.75) is 0 Å². The van der Waals surface area contributed by atoms with Crippen molar-refractivity contribution in [1.82, 2.24) is 0 Å². The Morgan fingerprint density at radius 3 is 2.20 bits per heavy atom. The Hall–Kier alpha value is 0.200. The van der Waals surface area contributed by atoms with E-state index in [1.54, 1.807) is 11.3 Å². The quantitative estimate of drug-likeness (QED) is 0.687. The molecule has 0 unspecified atom stereocenters. The molecule has 0 aliphatic carbocycles. The summed E-state index contributed by atoms with van der Waals surface area (Å²) in [5.41, 5.74) is 0. The number of hydrogen-bond acceptors (Lipinski definition) is 2. The van der Waals surface area contributed by atoms with Gasteiger partial charge in [-0.15, -0.1) is 21.1 Å². The third-order valence-corrected chi connectivity index (χ3v) is 1.97. The molecule has 56 valence electrons. The molecule has 1 heterocycles. The molecule has 0 amide bonds. The van der Waals surface area contributed by atoms with Gasteiger partial charge in [-0.05, 0) is 27.4 Å². The van der Waals surface area contributed by atoms with Crippen molar-refractivity contribution < 1.29 is 14.4 Å². The van der Waals surface area contributed by atoms with Crippen molar-refractivity contribution in [2.75, 3.05) is 0 Å². The second kappa shape index (κ2) is 5.95. The normalized spacial score (nSPS) is 7.90. The number of hydrogen-bond donors (Lipinski definition) is 2. The van der Waals surface area contributed by atoms with Gasteiger partial charge in [-0.3, -0.25) is 0 Å². The standard InChI is InChI=1S/C4H3BrS.HO3P/c5-4-2-1-3-6-4;1-4(2)3/h1-3H;(H-,1,2,3)/p+1. The summed E-state index contributed by atoms with van der Waals surface area (Å²) in [7, 11) is -2.87. The zero-order chi connectivity index (χ0) is 7.98. The monoisotopic (exact) mass is 243 g/mol. The Labute approximate surface area is 71.4 Å². The molecule has 0 aliphatic heterocycles. The van der Waals surface area contributed by atoms with Crippen LogP contribution in [-0.4, -0.2) is 9.79 Å². The van der Waals surface area contributed by atoms with E-state index in [9.17, 15) is 0 Å². The Bertz CT molecular complexity index is 184. The fourth-order valence-electron chi connectivity index (χ4n) is 0.259. The summed E-state index contributed by atoms with van der Waals surface area (Å²) in [5, 5.41) is 2.03. The van der Waals surface area contributed by atoms with Crippen LogP contribution in [0.15, 0.2) is 21.3 Å². The van der Waals surface area contributed by atoms with Crippen molar-refractivity contribution in [3.8, 4) is 0 Å². The van der Waals surface area contributed by atoms with E-state index in [4.69, 9.17) is 14.4 Å². The molecular weight excluding hydrogens is 239 g/mol. The second-order valence-corrected chi connectivity index (χ2v) is 4.00. The summed E-state index contributed by atoms with van der Waals surface area (Å²) in [6, 6.07) is 4.03. The molecule has 0 spiro atoms. The average Bonchev–Trinajstić information content (AvgIpc) is 2.15. The molecule has 0 saturated heterocycles. The van der Waals surface area contributed by atoms with E-state index in [2.05, 4.69) is 15.9 Å². The first-order valence-electron chi connectivity index (χ1n) is 2.17. The highest BCUT2D eigenvalue weighted by Gasteiger charge is 1.93. The van der Waals surface area contributed by atoms with E-state index in [-0.39, 0.29) is 0 Å². The summed E-state index contributed by atoms with van der Waals surface area (Å²) in [6.45, 7) is 0. The average molecular weight is 244 g/mol. The zero-order valence-electron chi connectivity index (χ0n) is 4.77. The predicted octanol–water partition coefficient (Wildman–Crippen LogP) is 2.14. The van der Waals surface area contributed by atoms with Crippen molar-refractivity contribution in [3.05, 3.63) is 21.3 Å². The van der Waals surface area contributed by atoms with E-state index in [1.165, 1.54) is 3.79 Å². The fraction of sp³-hybridized carbons (Fsp3) is 0. The van der Waals surface area contributed by atoms with Crippen molar-refractivity contribution in [2.24, 2.45) is 0 Å². The van der Waals surface area contributed by atoms with Crippen LogP contribution in [0.25, 0.3) is 0 Å². The molecule has 1 rings (SSSR count). The van der Waals surface area contributed by atoms with Crippen LogP contribution in [0.1, 0.15) is 0 Å². The van der Waals surface area contributed by atoms with Gasteiger partial charge in [0.15, 0.2) is 0 Å². The minimum atomic E-state index is -2.87. The molecule has 0 fully saturated rings. The Balaban J connectivity index is 0.000000180. The summed E-state index contributed by atoms with van der Waals surface area (Å²) in [5.74, 6) is 0. The lowest BCUT2D eigenvalue weighted by Crippen LogP contribution is -1.38. The molecule has 0 bridgehead atoms. The fourth-order valence-corrected chi connectivity index (χ4v) is 1.18. The first-order chi connectivity index (χ1) is 4.63. The van der Waals surface area contributed by atoms with E-state index >= 15 is 0 Å². The van der Waals surface area contributed by atoms with Crippen LogP contribution >= 0.6 is 35.5 Å². The molecule has 3 nitrogen and oxygen atoms in total. The van der Waals surface area contributed by atoms with Crippen LogP contribution in [0.4, 0.5) is 0 Å². The molecule has 2 N–H and O–H groups in total. The van der Waals surface area contributed by atoms with E-state index < -0.39 is 8.25 Å². The molecule has 0 aliphatic rings. The summed E-state index contributed by atoms with van der Waals surface area (Å²) in [4.78, 5) is 14.2. The van der Waals surface area contributed by atoms with Crippen molar-refractivity contribution in [1.29, 1.82) is 0 Å². The molecular formula is C4H5BrO3PS+. The first-order valence-corrected chi connectivity index (χ1v) is 5.00. The molecule has 0 atom stereocenters. The van der Waals surface area contributed by atoms with Gasteiger partial charge >= 0.3 is 8.25 Å². The second-order valence-electron chi connectivity index (χ2n) is 1.17. The van der Waals surface area contributed by atoms with Crippen molar-refractivity contribution in [3.63, 3.8) is 0 Å². The highest BCUT2D eigenvalue weighted by Crippen LogP contribution is 2.14. The minimum Gasteiger partial charge on any atom is -0.137 e. The smallest absolute Gasteiger partial charge is 0.137 e. The molecule has 1 aromatic heterocycles. The Morgan fingerprint density at radius 2 is 2.10 bits per heavy atom. The van der Waals surface area contributed by atoms with Gasteiger partial charge < -0.3 is 0 Å². The maximum atomic E-state index is 8.70. The van der Waals surface area contributed by atoms with Crippen LogP contribution in [0.3, 0.4) is 0 Å².